The number of piperazine rings is 1. The lowest BCUT2D eigenvalue weighted by Gasteiger charge is -2.50. The summed E-state index contributed by atoms with van der Waals surface area (Å²) in [5.74, 6) is -0.777. The van der Waals surface area contributed by atoms with Crippen molar-refractivity contribution in [3.8, 4) is 11.1 Å². The van der Waals surface area contributed by atoms with Crippen LogP contribution in [0.1, 0.15) is 60.9 Å². The SMILES string of the molecule is CC(=O)OCc1c(-c2cc(Nc3ccc(N4C[C@@H](C)N(C5COC5)C[C@@H]4C)cn3)c(=O)n(C)c2)cc(F)cc1N1CCc2c(cc3n2CCCC3)C1=O. The Bertz CT molecular complexity index is 2120. The number of aromatic nitrogens is 3. The number of esters is 1. The molecule has 0 radical (unpaired) electrons. The summed E-state index contributed by atoms with van der Waals surface area (Å²) in [5, 5.41) is 3.18. The molecule has 0 bridgehead atoms. The minimum atomic E-state index is -0.553. The van der Waals surface area contributed by atoms with Gasteiger partial charge < -0.3 is 33.7 Å². The number of carbonyl (C=O) groups excluding carboxylic acids is 2. The second kappa shape index (κ2) is 14.1. The molecule has 4 aliphatic rings. The van der Waals surface area contributed by atoms with Gasteiger partial charge in [-0.25, -0.2) is 9.37 Å². The van der Waals surface area contributed by atoms with E-state index in [-0.39, 0.29) is 23.8 Å². The van der Waals surface area contributed by atoms with E-state index in [1.165, 1.54) is 23.6 Å². The van der Waals surface area contributed by atoms with Crippen molar-refractivity contribution in [2.24, 2.45) is 7.05 Å². The zero-order valence-electron chi connectivity index (χ0n) is 30.7. The van der Waals surface area contributed by atoms with E-state index in [0.29, 0.717) is 64.9 Å². The molecule has 0 spiro atoms. The average molecular weight is 724 g/mol. The van der Waals surface area contributed by atoms with Crippen LogP contribution in [0, 0.1) is 5.82 Å². The van der Waals surface area contributed by atoms with Crippen molar-refractivity contribution in [2.45, 2.75) is 77.7 Å². The molecule has 4 aliphatic heterocycles. The Morgan fingerprint density at radius 1 is 1.02 bits per heavy atom. The van der Waals surface area contributed by atoms with Gasteiger partial charge in [0.05, 0.1) is 42.4 Å². The van der Waals surface area contributed by atoms with Gasteiger partial charge in [-0.3, -0.25) is 19.3 Å². The van der Waals surface area contributed by atoms with Gasteiger partial charge in [-0.05, 0) is 75.1 Å². The second-order valence-corrected chi connectivity index (χ2v) is 14.9. The standard InChI is InChI=1S/C40H46FN7O5/c1-24-19-48(31-21-52-22-31)25(2)18-47(24)30-8-9-38(42-17-30)43-35-13-27(20-44(4)40(35)51)32-14-28(41)15-37(34(32)23-53-26(3)49)46-12-10-36-33(39(46)50)16-29-7-5-6-11-45(29)36/h8-9,13-17,20,24-25,31H,5-7,10-12,18-19,21-23H2,1-4H3,(H,42,43)/t24-,25+/m0/s1. The molecule has 7 heterocycles. The second-order valence-electron chi connectivity index (χ2n) is 14.9. The number of benzene rings is 1. The van der Waals surface area contributed by atoms with Gasteiger partial charge in [0.2, 0.25) is 0 Å². The van der Waals surface area contributed by atoms with E-state index in [2.05, 4.69) is 38.5 Å². The fraction of sp³-hybridized carbons (Fsp3) is 0.450. The molecule has 1 N–H and O–H groups in total. The van der Waals surface area contributed by atoms with Crippen molar-refractivity contribution in [1.29, 1.82) is 0 Å². The van der Waals surface area contributed by atoms with Crippen LogP contribution < -0.4 is 20.7 Å². The Morgan fingerprint density at radius 3 is 2.58 bits per heavy atom. The van der Waals surface area contributed by atoms with Crippen molar-refractivity contribution in [2.75, 3.05) is 48.0 Å². The van der Waals surface area contributed by atoms with E-state index in [1.54, 1.807) is 24.2 Å². The highest BCUT2D eigenvalue weighted by Crippen LogP contribution is 2.38. The highest BCUT2D eigenvalue weighted by molar-refractivity contribution is 6.09. The molecule has 4 aromatic rings. The summed E-state index contributed by atoms with van der Waals surface area (Å²) in [6.07, 6.45) is 7.17. The number of hydrogen-bond donors (Lipinski definition) is 1. The molecule has 1 aromatic carbocycles. The lowest BCUT2D eigenvalue weighted by molar-refractivity contribution is -0.142. The van der Waals surface area contributed by atoms with Crippen LogP contribution in [-0.4, -0.2) is 81.9 Å². The van der Waals surface area contributed by atoms with Gasteiger partial charge in [-0.15, -0.1) is 0 Å². The Balaban J connectivity index is 1.09. The lowest BCUT2D eigenvalue weighted by atomic mass is 9.96. The maximum atomic E-state index is 15.7. The fourth-order valence-corrected chi connectivity index (χ4v) is 8.46. The van der Waals surface area contributed by atoms with Crippen molar-refractivity contribution in [3.63, 3.8) is 0 Å². The number of ether oxygens (including phenoxy) is 2. The van der Waals surface area contributed by atoms with E-state index < -0.39 is 11.8 Å². The first-order chi connectivity index (χ1) is 25.5. The molecule has 3 aromatic heterocycles. The van der Waals surface area contributed by atoms with Crippen molar-refractivity contribution >= 4 is 34.8 Å². The van der Waals surface area contributed by atoms with Crippen LogP contribution in [0.3, 0.4) is 0 Å². The number of amides is 1. The molecule has 8 rings (SSSR count). The monoisotopic (exact) mass is 723 g/mol. The Kier molecular flexibility index (Phi) is 9.32. The first-order valence-corrected chi connectivity index (χ1v) is 18.6. The minimum Gasteiger partial charge on any atom is -0.461 e. The zero-order chi connectivity index (χ0) is 37.0. The topological polar surface area (TPSA) is 114 Å². The van der Waals surface area contributed by atoms with E-state index >= 15 is 4.39 Å². The Labute approximate surface area is 308 Å². The number of halogens is 1. The van der Waals surface area contributed by atoms with E-state index in [9.17, 15) is 14.4 Å². The van der Waals surface area contributed by atoms with Gasteiger partial charge in [0.1, 0.15) is 23.9 Å². The van der Waals surface area contributed by atoms with Gasteiger partial charge in [0.15, 0.2) is 0 Å². The third kappa shape index (κ3) is 6.61. The minimum absolute atomic E-state index is 0.183. The molecule has 2 saturated heterocycles. The number of fused-ring (bicyclic) bond motifs is 3. The summed E-state index contributed by atoms with van der Waals surface area (Å²) in [6, 6.07) is 11.3. The molecule has 2 fully saturated rings. The predicted octanol–water partition coefficient (Wildman–Crippen LogP) is 5.03. The van der Waals surface area contributed by atoms with Crippen LogP contribution in [0.15, 0.2) is 53.6 Å². The van der Waals surface area contributed by atoms with Crippen LogP contribution in [0.5, 0.6) is 0 Å². The molecular formula is C40H46FN7O5. The number of nitrogens with zero attached hydrogens (tertiary/aromatic N) is 6. The average Bonchev–Trinajstić information content (AvgIpc) is 3.50. The summed E-state index contributed by atoms with van der Waals surface area (Å²) >= 11 is 0. The molecule has 0 saturated carbocycles. The molecule has 13 heteroatoms. The summed E-state index contributed by atoms with van der Waals surface area (Å²) in [5.41, 5.74) is 5.51. The number of aryl methyl sites for hydroxylation is 2. The summed E-state index contributed by atoms with van der Waals surface area (Å²) in [4.78, 5) is 50.7. The maximum Gasteiger partial charge on any atom is 0.302 e. The van der Waals surface area contributed by atoms with E-state index in [0.717, 1.165) is 69.2 Å². The van der Waals surface area contributed by atoms with Gasteiger partial charge >= 0.3 is 5.97 Å². The molecule has 0 aliphatic carbocycles. The van der Waals surface area contributed by atoms with Gasteiger partial charge in [0.25, 0.3) is 11.5 Å². The van der Waals surface area contributed by atoms with Crippen LogP contribution >= 0.6 is 0 Å². The Hall–Kier alpha value is -5.01. The number of pyridine rings is 2. The van der Waals surface area contributed by atoms with Crippen molar-refractivity contribution in [3.05, 3.63) is 87.5 Å². The third-order valence-electron chi connectivity index (χ3n) is 11.3. The normalized spacial score (nSPS) is 20.5. The maximum absolute atomic E-state index is 15.7. The van der Waals surface area contributed by atoms with Gasteiger partial charge in [-0.2, -0.15) is 0 Å². The first-order valence-electron chi connectivity index (χ1n) is 18.6. The molecule has 0 unspecified atom stereocenters. The lowest BCUT2D eigenvalue weighted by Crippen LogP contribution is -2.63. The molecule has 12 nitrogen and oxygen atoms in total. The summed E-state index contributed by atoms with van der Waals surface area (Å²) < 4.78 is 30.3. The van der Waals surface area contributed by atoms with Crippen molar-refractivity contribution < 1.29 is 23.5 Å². The number of carbonyl (C=O) groups is 2. The predicted molar refractivity (Wildman–Crippen MR) is 200 cm³/mol. The molecule has 53 heavy (non-hydrogen) atoms. The summed E-state index contributed by atoms with van der Waals surface area (Å²) in [6.45, 7) is 10.3. The quantitative estimate of drug-likeness (QED) is 0.250. The van der Waals surface area contributed by atoms with Crippen LogP contribution in [-0.2, 0) is 47.3 Å². The first kappa shape index (κ1) is 35.0. The van der Waals surface area contributed by atoms with Crippen LogP contribution in [0.2, 0.25) is 0 Å². The summed E-state index contributed by atoms with van der Waals surface area (Å²) in [7, 11) is 1.63. The number of nitrogens with one attached hydrogen (secondary N) is 1. The van der Waals surface area contributed by atoms with Crippen molar-refractivity contribution in [1.82, 2.24) is 19.0 Å². The van der Waals surface area contributed by atoms with Gasteiger partial charge in [-0.1, -0.05) is 0 Å². The molecule has 2 atom stereocenters. The van der Waals surface area contributed by atoms with Crippen LogP contribution in [0.25, 0.3) is 11.1 Å². The van der Waals surface area contributed by atoms with Crippen LogP contribution in [0.4, 0.5) is 27.3 Å². The number of rotatable bonds is 8. The van der Waals surface area contributed by atoms with E-state index in [4.69, 9.17) is 9.47 Å². The Morgan fingerprint density at radius 2 is 1.85 bits per heavy atom. The highest BCUT2D eigenvalue weighted by atomic mass is 19.1. The van der Waals surface area contributed by atoms with Gasteiger partial charge in [0, 0.05) is 87.4 Å². The third-order valence-corrected chi connectivity index (χ3v) is 11.3. The largest absolute Gasteiger partial charge is 0.461 e. The molecule has 1 amide bonds. The smallest absolute Gasteiger partial charge is 0.302 e. The number of anilines is 4. The van der Waals surface area contributed by atoms with E-state index in [1.807, 2.05) is 24.4 Å². The molecular weight excluding hydrogens is 677 g/mol. The number of hydrogen-bond acceptors (Lipinski definition) is 9. The highest BCUT2D eigenvalue weighted by Gasteiger charge is 2.37. The molecule has 278 valence electrons. The zero-order valence-corrected chi connectivity index (χ0v) is 30.7. The fourth-order valence-electron chi connectivity index (χ4n) is 8.46.